The summed E-state index contributed by atoms with van der Waals surface area (Å²) in [6.07, 6.45) is 3.67. The maximum atomic E-state index is 11.5. The summed E-state index contributed by atoms with van der Waals surface area (Å²) in [6.45, 7) is 7.61. The molecule has 0 bridgehead atoms. The summed E-state index contributed by atoms with van der Waals surface area (Å²) in [5.41, 5.74) is 1.11. The molecule has 1 fully saturated rings. The summed E-state index contributed by atoms with van der Waals surface area (Å²) in [5.74, 6) is 0.711. The van der Waals surface area contributed by atoms with Gasteiger partial charge in [-0.15, -0.1) is 0 Å². The first kappa shape index (κ1) is 16.3. The van der Waals surface area contributed by atoms with Crippen molar-refractivity contribution in [2.75, 3.05) is 30.8 Å². The van der Waals surface area contributed by atoms with Crippen molar-refractivity contribution in [3.05, 3.63) is 24.3 Å². The van der Waals surface area contributed by atoms with Gasteiger partial charge in [0, 0.05) is 24.5 Å². The minimum Gasteiger partial charge on any atom is -0.369 e. The lowest BCUT2D eigenvalue weighted by Crippen LogP contribution is -2.39. The van der Waals surface area contributed by atoms with Gasteiger partial charge in [-0.3, -0.25) is 0 Å². The molecule has 118 valence electrons. The van der Waals surface area contributed by atoms with E-state index < -0.39 is 9.84 Å². The molecule has 0 radical (unpaired) electrons. The molecule has 0 aliphatic carbocycles. The number of piperidine rings is 1. The van der Waals surface area contributed by atoms with E-state index in [1.807, 2.05) is 12.1 Å². The van der Waals surface area contributed by atoms with Crippen LogP contribution in [-0.4, -0.2) is 40.3 Å². The van der Waals surface area contributed by atoms with Crippen LogP contribution in [0.3, 0.4) is 0 Å². The second kappa shape index (κ2) is 6.79. The van der Waals surface area contributed by atoms with E-state index in [1.54, 1.807) is 12.1 Å². The first-order chi connectivity index (χ1) is 9.88. The quantitative estimate of drug-likeness (QED) is 0.906. The third-order valence-corrected chi connectivity index (χ3v) is 5.26. The fourth-order valence-electron chi connectivity index (χ4n) is 2.84. The fraction of sp³-hybridized carbons (Fsp3) is 0.625. The predicted octanol–water partition coefficient (Wildman–Crippen LogP) is 2.30. The highest BCUT2D eigenvalue weighted by Crippen LogP contribution is 2.23. The number of hydrogen-bond acceptors (Lipinski definition) is 4. The van der Waals surface area contributed by atoms with Crippen molar-refractivity contribution >= 4 is 15.5 Å². The monoisotopic (exact) mass is 310 g/mol. The zero-order chi connectivity index (χ0) is 15.5. The molecule has 1 heterocycles. The van der Waals surface area contributed by atoms with Crippen LogP contribution in [0, 0.1) is 5.92 Å². The van der Waals surface area contributed by atoms with Gasteiger partial charge in [0.15, 0.2) is 9.84 Å². The van der Waals surface area contributed by atoms with Crippen LogP contribution >= 0.6 is 0 Å². The first-order valence-electron chi connectivity index (χ1n) is 7.65. The predicted molar refractivity (Wildman–Crippen MR) is 87.6 cm³/mol. The molecule has 0 spiro atoms. The maximum absolute atomic E-state index is 11.5. The van der Waals surface area contributed by atoms with Crippen LogP contribution in [0.4, 0.5) is 5.69 Å². The van der Waals surface area contributed by atoms with Crippen LogP contribution in [0.2, 0.25) is 0 Å². The third kappa shape index (κ3) is 4.45. The van der Waals surface area contributed by atoms with Crippen LogP contribution in [-0.2, 0) is 9.84 Å². The van der Waals surface area contributed by atoms with E-state index in [0.717, 1.165) is 25.3 Å². The van der Waals surface area contributed by atoms with Gasteiger partial charge in [0.2, 0.25) is 0 Å². The topological polar surface area (TPSA) is 49.4 Å². The molecule has 21 heavy (non-hydrogen) atoms. The SMILES string of the molecule is CC(C)N(CC1CCNCC1)c1ccc(S(C)(=O)=O)cc1. The van der Waals surface area contributed by atoms with Crippen LogP contribution < -0.4 is 10.2 Å². The Morgan fingerprint density at radius 2 is 1.76 bits per heavy atom. The van der Waals surface area contributed by atoms with Crippen LogP contribution in [0.1, 0.15) is 26.7 Å². The second-order valence-electron chi connectivity index (χ2n) is 6.21. The van der Waals surface area contributed by atoms with Crippen molar-refractivity contribution in [2.24, 2.45) is 5.92 Å². The molecule has 1 aliphatic rings. The Kier molecular flexibility index (Phi) is 5.27. The normalized spacial score (nSPS) is 17.1. The summed E-state index contributed by atoms with van der Waals surface area (Å²) < 4.78 is 23.1. The zero-order valence-corrected chi connectivity index (χ0v) is 14.0. The minimum absolute atomic E-state index is 0.386. The van der Waals surface area contributed by atoms with Crippen LogP contribution in [0.25, 0.3) is 0 Å². The number of anilines is 1. The number of benzene rings is 1. The molecule has 2 rings (SSSR count). The molecule has 0 saturated carbocycles. The molecule has 1 aromatic carbocycles. The van der Waals surface area contributed by atoms with Gasteiger partial charge in [-0.1, -0.05) is 0 Å². The van der Waals surface area contributed by atoms with Gasteiger partial charge in [0.1, 0.15) is 0 Å². The molecule has 1 saturated heterocycles. The number of nitrogens with one attached hydrogen (secondary N) is 1. The highest BCUT2D eigenvalue weighted by Gasteiger charge is 2.19. The summed E-state index contributed by atoms with van der Waals surface area (Å²) in [4.78, 5) is 2.76. The molecule has 0 aromatic heterocycles. The van der Waals surface area contributed by atoms with Crippen molar-refractivity contribution in [3.63, 3.8) is 0 Å². The van der Waals surface area contributed by atoms with Crippen molar-refractivity contribution < 1.29 is 8.42 Å². The van der Waals surface area contributed by atoms with Crippen LogP contribution in [0.5, 0.6) is 0 Å². The lowest BCUT2D eigenvalue weighted by molar-refractivity contribution is 0.368. The zero-order valence-electron chi connectivity index (χ0n) is 13.2. The smallest absolute Gasteiger partial charge is 0.175 e. The number of nitrogens with zero attached hydrogens (tertiary/aromatic N) is 1. The van der Waals surface area contributed by atoms with Gasteiger partial charge in [-0.05, 0) is 70.0 Å². The van der Waals surface area contributed by atoms with Gasteiger partial charge in [0.25, 0.3) is 0 Å². The Bertz CT molecular complexity index is 546. The molecule has 0 amide bonds. The molecule has 0 atom stereocenters. The molecule has 5 heteroatoms. The summed E-state index contributed by atoms with van der Waals surface area (Å²) in [5, 5.41) is 3.40. The Morgan fingerprint density at radius 3 is 2.24 bits per heavy atom. The lowest BCUT2D eigenvalue weighted by Gasteiger charge is -2.34. The first-order valence-corrected chi connectivity index (χ1v) is 9.54. The Hall–Kier alpha value is -1.07. The maximum Gasteiger partial charge on any atom is 0.175 e. The van der Waals surface area contributed by atoms with E-state index in [2.05, 4.69) is 24.1 Å². The highest BCUT2D eigenvalue weighted by atomic mass is 32.2. The van der Waals surface area contributed by atoms with Gasteiger partial charge < -0.3 is 10.2 Å². The van der Waals surface area contributed by atoms with Crippen molar-refractivity contribution in [1.29, 1.82) is 0 Å². The molecule has 1 aliphatic heterocycles. The van der Waals surface area contributed by atoms with E-state index in [4.69, 9.17) is 0 Å². The van der Waals surface area contributed by atoms with Crippen molar-refractivity contribution in [3.8, 4) is 0 Å². The number of hydrogen-bond donors (Lipinski definition) is 1. The summed E-state index contributed by atoms with van der Waals surface area (Å²) in [7, 11) is -3.12. The second-order valence-corrected chi connectivity index (χ2v) is 8.22. The number of rotatable bonds is 5. The average Bonchev–Trinajstić information content (AvgIpc) is 2.45. The Morgan fingerprint density at radius 1 is 1.19 bits per heavy atom. The molecule has 0 unspecified atom stereocenters. The number of sulfone groups is 1. The standard InChI is InChI=1S/C16H26N2O2S/c1-13(2)18(12-14-8-10-17-11-9-14)15-4-6-16(7-5-15)21(3,19)20/h4-7,13-14,17H,8-12H2,1-3H3. The highest BCUT2D eigenvalue weighted by molar-refractivity contribution is 7.90. The Labute approximate surface area is 128 Å². The largest absolute Gasteiger partial charge is 0.369 e. The molecule has 1 N–H and O–H groups in total. The van der Waals surface area contributed by atoms with E-state index in [1.165, 1.54) is 19.1 Å². The van der Waals surface area contributed by atoms with E-state index in [9.17, 15) is 8.42 Å². The van der Waals surface area contributed by atoms with E-state index in [-0.39, 0.29) is 0 Å². The molecular weight excluding hydrogens is 284 g/mol. The fourth-order valence-corrected chi connectivity index (χ4v) is 3.47. The lowest BCUT2D eigenvalue weighted by atomic mass is 9.96. The molecule has 1 aromatic rings. The molecular formula is C16H26N2O2S. The average molecular weight is 310 g/mol. The summed E-state index contributed by atoms with van der Waals surface area (Å²) >= 11 is 0. The van der Waals surface area contributed by atoms with E-state index in [0.29, 0.717) is 16.9 Å². The molecule has 4 nitrogen and oxygen atoms in total. The Balaban J connectivity index is 2.14. The summed E-state index contributed by atoms with van der Waals surface area (Å²) in [6, 6.07) is 7.68. The van der Waals surface area contributed by atoms with Crippen molar-refractivity contribution in [2.45, 2.75) is 37.6 Å². The van der Waals surface area contributed by atoms with E-state index >= 15 is 0 Å². The van der Waals surface area contributed by atoms with Crippen LogP contribution in [0.15, 0.2) is 29.2 Å². The van der Waals surface area contributed by atoms with Gasteiger partial charge in [-0.25, -0.2) is 8.42 Å². The van der Waals surface area contributed by atoms with Crippen molar-refractivity contribution in [1.82, 2.24) is 5.32 Å². The minimum atomic E-state index is -3.12. The van der Waals surface area contributed by atoms with Gasteiger partial charge in [0.05, 0.1) is 4.90 Å². The van der Waals surface area contributed by atoms with Gasteiger partial charge in [-0.2, -0.15) is 0 Å². The third-order valence-electron chi connectivity index (χ3n) is 4.13. The van der Waals surface area contributed by atoms with Gasteiger partial charge >= 0.3 is 0 Å².